The van der Waals surface area contributed by atoms with Crippen molar-refractivity contribution < 1.29 is 19.1 Å². The zero-order chi connectivity index (χ0) is 24.1. The van der Waals surface area contributed by atoms with Crippen LogP contribution in [0.3, 0.4) is 0 Å². The molecule has 3 rings (SSSR count). The summed E-state index contributed by atoms with van der Waals surface area (Å²) in [6, 6.07) is 13.8. The van der Waals surface area contributed by atoms with Gasteiger partial charge in [-0.05, 0) is 69.2 Å². The molecule has 1 heterocycles. The SMILES string of the molecule is CCOC(=O)c1c(NC(=O)c2ccc(C#N)cc2)sc(C(=O)Nc2ccc(C)cc2C)c1C. The van der Waals surface area contributed by atoms with Crippen LogP contribution in [0.15, 0.2) is 42.5 Å². The van der Waals surface area contributed by atoms with Crippen LogP contribution in [0.2, 0.25) is 0 Å². The van der Waals surface area contributed by atoms with E-state index in [0.717, 1.165) is 22.5 Å². The number of hydrogen-bond donors (Lipinski definition) is 2. The van der Waals surface area contributed by atoms with Gasteiger partial charge < -0.3 is 15.4 Å². The molecule has 0 spiro atoms. The second-order valence-electron chi connectivity index (χ2n) is 7.40. The van der Waals surface area contributed by atoms with Gasteiger partial charge in [0, 0.05) is 11.3 Å². The Labute approximate surface area is 196 Å². The van der Waals surface area contributed by atoms with Gasteiger partial charge in [0.15, 0.2) is 0 Å². The normalized spacial score (nSPS) is 10.3. The first-order valence-corrected chi connectivity index (χ1v) is 11.1. The Hall–Kier alpha value is -3.96. The van der Waals surface area contributed by atoms with Gasteiger partial charge in [-0.2, -0.15) is 5.26 Å². The lowest BCUT2D eigenvalue weighted by atomic mass is 10.1. The molecular weight excluding hydrogens is 438 g/mol. The third kappa shape index (κ3) is 5.27. The van der Waals surface area contributed by atoms with Gasteiger partial charge in [0.25, 0.3) is 11.8 Å². The number of aryl methyl sites for hydroxylation is 2. The molecule has 0 fully saturated rings. The van der Waals surface area contributed by atoms with Crippen molar-refractivity contribution >= 4 is 39.8 Å². The minimum absolute atomic E-state index is 0.148. The van der Waals surface area contributed by atoms with Crippen molar-refractivity contribution in [2.75, 3.05) is 17.2 Å². The molecular formula is C25H23N3O4S. The summed E-state index contributed by atoms with van der Waals surface area (Å²) in [5.41, 5.74) is 3.98. The van der Waals surface area contributed by atoms with Gasteiger partial charge in [-0.1, -0.05) is 17.7 Å². The number of nitriles is 1. The molecule has 2 amide bonds. The number of benzene rings is 2. The predicted octanol–water partition coefficient (Wildman–Crippen LogP) is 5.23. The van der Waals surface area contributed by atoms with Crippen LogP contribution < -0.4 is 10.6 Å². The fourth-order valence-electron chi connectivity index (χ4n) is 3.27. The lowest BCUT2D eigenvalue weighted by Gasteiger charge is -2.09. The molecule has 0 radical (unpaired) electrons. The number of amides is 2. The highest BCUT2D eigenvalue weighted by Gasteiger charge is 2.27. The van der Waals surface area contributed by atoms with Crippen LogP contribution in [-0.4, -0.2) is 24.4 Å². The van der Waals surface area contributed by atoms with Crippen LogP contribution >= 0.6 is 11.3 Å². The van der Waals surface area contributed by atoms with E-state index in [0.29, 0.717) is 27.3 Å². The molecule has 0 bridgehead atoms. The van der Waals surface area contributed by atoms with E-state index in [1.807, 2.05) is 38.1 Å². The van der Waals surface area contributed by atoms with Gasteiger partial charge >= 0.3 is 5.97 Å². The largest absolute Gasteiger partial charge is 0.462 e. The number of esters is 1. The maximum absolute atomic E-state index is 13.0. The molecule has 7 nitrogen and oxygen atoms in total. The minimum atomic E-state index is -0.619. The van der Waals surface area contributed by atoms with Gasteiger partial charge in [0.2, 0.25) is 0 Å². The quantitative estimate of drug-likeness (QED) is 0.489. The lowest BCUT2D eigenvalue weighted by Crippen LogP contribution is -2.15. The van der Waals surface area contributed by atoms with E-state index in [-0.39, 0.29) is 23.1 Å². The third-order valence-electron chi connectivity index (χ3n) is 4.97. The fraction of sp³-hybridized carbons (Fsp3) is 0.200. The summed E-state index contributed by atoms with van der Waals surface area (Å²) >= 11 is 1.01. The zero-order valence-electron chi connectivity index (χ0n) is 18.7. The first-order chi connectivity index (χ1) is 15.7. The Balaban J connectivity index is 1.94. The van der Waals surface area contributed by atoms with Gasteiger partial charge in [-0.3, -0.25) is 9.59 Å². The molecule has 1 aromatic heterocycles. The number of anilines is 2. The molecule has 0 unspecified atom stereocenters. The van der Waals surface area contributed by atoms with Gasteiger partial charge in [0.05, 0.1) is 28.7 Å². The molecule has 168 valence electrons. The summed E-state index contributed by atoms with van der Waals surface area (Å²) in [6.45, 7) is 7.36. The summed E-state index contributed by atoms with van der Waals surface area (Å²) in [5.74, 6) is -1.46. The molecule has 2 N–H and O–H groups in total. The predicted molar refractivity (Wildman–Crippen MR) is 128 cm³/mol. The second kappa shape index (κ2) is 10.1. The van der Waals surface area contributed by atoms with Crippen LogP contribution in [-0.2, 0) is 4.74 Å². The number of nitrogens with zero attached hydrogens (tertiary/aromatic N) is 1. The Bertz CT molecular complexity index is 1270. The van der Waals surface area contributed by atoms with E-state index >= 15 is 0 Å². The summed E-state index contributed by atoms with van der Waals surface area (Å²) in [6.07, 6.45) is 0. The molecule has 0 atom stereocenters. The van der Waals surface area contributed by atoms with E-state index in [2.05, 4.69) is 10.6 Å². The molecule has 0 aliphatic heterocycles. The smallest absolute Gasteiger partial charge is 0.341 e. The standard InChI is InChI=1S/C25H23N3O4S/c1-5-32-25(31)20-16(4)21(23(30)27-19-11-6-14(2)12-15(19)3)33-24(20)28-22(29)18-9-7-17(13-26)8-10-18/h6-12H,5H2,1-4H3,(H,27,30)(H,28,29). The topological polar surface area (TPSA) is 108 Å². The minimum Gasteiger partial charge on any atom is -0.462 e. The van der Waals surface area contributed by atoms with Crippen molar-refractivity contribution in [2.45, 2.75) is 27.7 Å². The number of thiophene rings is 1. The first-order valence-electron chi connectivity index (χ1n) is 10.3. The lowest BCUT2D eigenvalue weighted by molar-refractivity contribution is 0.0527. The summed E-state index contributed by atoms with van der Waals surface area (Å²) in [5, 5.41) is 14.8. The van der Waals surface area contributed by atoms with E-state index in [1.54, 1.807) is 13.8 Å². The van der Waals surface area contributed by atoms with Gasteiger partial charge in [-0.15, -0.1) is 11.3 Å². The molecule has 8 heteroatoms. The van der Waals surface area contributed by atoms with Crippen LogP contribution in [0.1, 0.15) is 59.6 Å². The third-order valence-corrected chi connectivity index (χ3v) is 6.17. The highest BCUT2D eigenvalue weighted by atomic mass is 32.1. The molecule has 0 aliphatic carbocycles. The van der Waals surface area contributed by atoms with Crippen LogP contribution in [0.25, 0.3) is 0 Å². The fourth-order valence-corrected chi connectivity index (χ4v) is 4.36. The highest BCUT2D eigenvalue weighted by Crippen LogP contribution is 2.35. The number of nitrogens with one attached hydrogen (secondary N) is 2. The Morgan fingerprint density at radius 2 is 1.70 bits per heavy atom. The first kappa shape index (κ1) is 23.7. The number of hydrogen-bond acceptors (Lipinski definition) is 6. The number of rotatable bonds is 6. The van der Waals surface area contributed by atoms with Crippen LogP contribution in [0.5, 0.6) is 0 Å². The van der Waals surface area contributed by atoms with E-state index in [9.17, 15) is 14.4 Å². The average molecular weight is 462 g/mol. The van der Waals surface area contributed by atoms with Gasteiger partial charge in [0.1, 0.15) is 5.00 Å². The van der Waals surface area contributed by atoms with E-state index in [4.69, 9.17) is 10.00 Å². The van der Waals surface area contributed by atoms with Crippen LogP contribution in [0.4, 0.5) is 10.7 Å². The zero-order valence-corrected chi connectivity index (χ0v) is 19.6. The molecule has 0 saturated heterocycles. The van der Waals surface area contributed by atoms with Crippen LogP contribution in [0, 0.1) is 32.1 Å². The molecule has 3 aromatic rings. The summed E-state index contributed by atoms with van der Waals surface area (Å²) < 4.78 is 5.16. The Morgan fingerprint density at radius 1 is 1.00 bits per heavy atom. The van der Waals surface area contributed by atoms with E-state index in [1.165, 1.54) is 24.3 Å². The maximum Gasteiger partial charge on any atom is 0.341 e. The highest BCUT2D eigenvalue weighted by molar-refractivity contribution is 7.19. The Morgan fingerprint density at radius 3 is 2.30 bits per heavy atom. The Kier molecular flexibility index (Phi) is 7.26. The van der Waals surface area contributed by atoms with Crippen molar-refractivity contribution in [3.8, 4) is 6.07 Å². The molecule has 2 aromatic carbocycles. The van der Waals surface area contributed by atoms with Crippen molar-refractivity contribution in [3.05, 3.63) is 80.7 Å². The number of ether oxygens (including phenoxy) is 1. The maximum atomic E-state index is 13.0. The van der Waals surface area contributed by atoms with Crippen molar-refractivity contribution in [1.82, 2.24) is 0 Å². The molecule has 0 saturated carbocycles. The monoisotopic (exact) mass is 461 g/mol. The number of carbonyl (C=O) groups is 3. The summed E-state index contributed by atoms with van der Waals surface area (Å²) in [7, 11) is 0. The van der Waals surface area contributed by atoms with Crippen molar-refractivity contribution in [3.63, 3.8) is 0 Å². The van der Waals surface area contributed by atoms with Gasteiger partial charge in [-0.25, -0.2) is 4.79 Å². The summed E-state index contributed by atoms with van der Waals surface area (Å²) in [4.78, 5) is 38.8. The van der Waals surface area contributed by atoms with E-state index < -0.39 is 11.9 Å². The van der Waals surface area contributed by atoms with Crippen molar-refractivity contribution in [2.24, 2.45) is 0 Å². The molecule has 33 heavy (non-hydrogen) atoms. The van der Waals surface area contributed by atoms with Crippen molar-refractivity contribution in [1.29, 1.82) is 5.26 Å². The average Bonchev–Trinajstić information content (AvgIpc) is 3.11. The molecule has 0 aliphatic rings. The second-order valence-corrected chi connectivity index (χ2v) is 8.42. The number of carbonyl (C=O) groups excluding carboxylic acids is 3.